The summed E-state index contributed by atoms with van der Waals surface area (Å²) in [5.41, 5.74) is 1.67. The van der Waals surface area contributed by atoms with E-state index in [0.29, 0.717) is 18.1 Å². The average molecular weight is 315 g/mol. The van der Waals surface area contributed by atoms with E-state index in [9.17, 15) is 4.79 Å². The molecule has 0 saturated heterocycles. The second kappa shape index (κ2) is 10.4. The Balaban J connectivity index is 2.57. The van der Waals surface area contributed by atoms with E-state index < -0.39 is 0 Å². The van der Waals surface area contributed by atoms with Gasteiger partial charge in [-0.15, -0.1) is 0 Å². The molecule has 0 atom stereocenters. The quantitative estimate of drug-likeness (QED) is 0.224. The van der Waals surface area contributed by atoms with Crippen LogP contribution >= 0.6 is 0 Å². The molecule has 5 heteroatoms. The third-order valence-corrected chi connectivity index (χ3v) is 2.93. The third-order valence-electron chi connectivity index (χ3n) is 2.59. The second-order valence-electron chi connectivity index (χ2n) is 4.06. The van der Waals surface area contributed by atoms with E-state index in [-0.39, 0.29) is 0 Å². The van der Waals surface area contributed by atoms with Crippen molar-refractivity contribution >= 4 is 11.2 Å². The molecule has 4 nitrogen and oxygen atoms in total. The SMILES string of the molecule is CCNCCN/C([CH]=[Mn])=C(/C=O)OCc1ccccc1. The predicted octanol–water partition coefficient (Wildman–Crippen LogP) is 1.16. The molecule has 1 rings (SSSR count). The number of benzene rings is 1. The molecule has 0 bridgehead atoms. The summed E-state index contributed by atoms with van der Waals surface area (Å²) in [5.74, 6) is 0.294. The fourth-order valence-electron chi connectivity index (χ4n) is 1.55. The number of carbonyl (C=O) groups is 1. The van der Waals surface area contributed by atoms with Crippen LogP contribution in [0.25, 0.3) is 0 Å². The average Bonchev–Trinajstić information content (AvgIpc) is 2.50. The molecule has 2 N–H and O–H groups in total. The Morgan fingerprint density at radius 1 is 1.30 bits per heavy atom. The van der Waals surface area contributed by atoms with Crippen LogP contribution in [-0.2, 0) is 31.7 Å². The number of hydrogen-bond acceptors (Lipinski definition) is 4. The first-order chi connectivity index (χ1) is 9.81. The van der Waals surface area contributed by atoms with Gasteiger partial charge in [0.15, 0.2) is 0 Å². The molecule has 0 amide bonds. The Kier molecular flexibility index (Phi) is 8.63. The molecule has 0 radical (unpaired) electrons. The zero-order valence-corrected chi connectivity index (χ0v) is 12.7. The van der Waals surface area contributed by atoms with Gasteiger partial charge in [-0.25, -0.2) is 0 Å². The van der Waals surface area contributed by atoms with Crippen LogP contribution in [-0.4, -0.2) is 30.8 Å². The fourth-order valence-corrected chi connectivity index (χ4v) is 1.84. The number of hydrogen-bond donors (Lipinski definition) is 2. The Bertz CT molecular complexity index is 446. The second-order valence-corrected chi connectivity index (χ2v) is 4.40. The van der Waals surface area contributed by atoms with Crippen molar-refractivity contribution in [1.82, 2.24) is 10.6 Å². The Morgan fingerprint density at radius 2 is 2.05 bits per heavy atom. The molecule has 0 unspecified atom stereocenters. The van der Waals surface area contributed by atoms with Gasteiger partial charge < -0.3 is 0 Å². The van der Waals surface area contributed by atoms with E-state index in [1.54, 1.807) is 4.92 Å². The Hall–Kier alpha value is -1.42. The van der Waals surface area contributed by atoms with Gasteiger partial charge in [-0.1, -0.05) is 0 Å². The van der Waals surface area contributed by atoms with Gasteiger partial charge in [0.2, 0.25) is 0 Å². The van der Waals surface area contributed by atoms with Crippen LogP contribution in [0.5, 0.6) is 0 Å². The summed E-state index contributed by atoms with van der Waals surface area (Å²) in [6.07, 6.45) is 0.719. The van der Waals surface area contributed by atoms with E-state index in [1.165, 1.54) is 0 Å². The zero-order valence-electron chi connectivity index (χ0n) is 11.6. The normalized spacial score (nSPS) is 11.4. The number of aldehydes is 1. The number of ether oxygens (including phenoxy) is 1. The topological polar surface area (TPSA) is 50.4 Å². The Labute approximate surface area is 128 Å². The van der Waals surface area contributed by atoms with Gasteiger partial charge in [-0.2, -0.15) is 0 Å². The van der Waals surface area contributed by atoms with Crippen LogP contribution < -0.4 is 10.6 Å². The summed E-state index contributed by atoms with van der Waals surface area (Å²) in [6, 6.07) is 9.74. The molecule has 0 aromatic heterocycles. The number of rotatable bonds is 10. The first kappa shape index (κ1) is 16.6. The molecule has 0 fully saturated rings. The van der Waals surface area contributed by atoms with Gasteiger partial charge >= 0.3 is 127 Å². The monoisotopic (exact) mass is 315 g/mol. The van der Waals surface area contributed by atoms with Crippen molar-refractivity contribution in [3.05, 3.63) is 47.4 Å². The molecule has 0 spiro atoms. The maximum absolute atomic E-state index is 11.1. The van der Waals surface area contributed by atoms with Crippen molar-refractivity contribution in [3.8, 4) is 0 Å². The first-order valence-corrected chi connectivity index (χ1v) is 7.24. The van der Waals surface area contributed by atoms with Crippen LogP contribution in [0.4, 0.5) is 0 Å². The summed E-state index contributed by atoms with van der Waals surface area (Å²) < 4.78 is 5.55. The standard InChI is InChI=1S/C15H20N2O2.Mn/c1-3-16-9-10-17-13(2)15(11-18)19-12-14-7-5-4-6-8-14;/h2,4-8,11,16-17H,3,9-10,12H2,1H3;/b15-13-;. The van der Waals surface area contributed by atoms with E-state index >= 15 is 0 Å². The molecular weight excluding hydrogens is 295 g/mol. The van der Waals surface area contributed by atoms with Crippen molar-refractivity contribution < 1.29 is 25.1 Å². The van der Waals surface area contributed by atoms with Crippen LogP contribution in [0.2, 0.25) is 0 Å². The summed E-state index contributed by atoms with van der Waals surface area (Å²) in [5, 5.41) is 6.35. The summed E-state index contributed by atoms with van der Waals surface area (Å²) in [6.45, 7) is 4.88. The maximum atomic E-state index is 11.1. The molecular formula is C15H20MnN2O2. The van der Waals surface area contributed by atoms with Gasteiger partial charge in [0.25, 0.3) is 0 Å². The number of nitrogens with one attached hydrogen (secondary N) is 2. The van der Waals surface area contributed by atoms with Crippen molar-refractivity contribution in [2.45, 2.75) is 13.5 Å². The minimum absolute atomic E-state index is 0.294. The predicted molar refractivity (Wildman–Crippen MR) is 76.9 cm³/mol. The van der Waals surface area contributed by atoms with Crippen LogP contribution in [0.15, 0.2) is 41.8 Å². The van der Waals surface area contributed by atoms with Crippen molar-refractivity contribution in [2.75, 3.05) is 19.6 Å². The van der Waals surface area contributed by atoms with Crippen molar-refractivity contribution in [3.63, 3.8) is 0 Å². The molecule has 0 aliphatic rings. The summed E-state index contributed by atoms with van der Waals surface area (Å²) in [4.78, 5) is 12.8. The van der Waals surface area contributed by atoms with Crippen molar-refractivity contribution in [2.24, 2.45) is 0 Å². The molecule has 0 heterocycles. The fraction of sp³-hybridized carbons (Fsp3) is 0.333. The van der Waals surface area contributed by atoms with Gasteiger partial charge in [-0.05, 0) is 0 Å². The molecule has 1 aromatic carbocycles. The van der Waals surface area contributed by atoms with E-state index in [4.69, 9.17) is 4.74 Å². The molecule has 1 aromatic rings. The molecule has 109 valence electrons. The van der Waals surface area contributed by atoms with E-state index in [2.05, 4.69) is 26.2 Å². The summed E-state index contributed by atoms with van der Waals surface area (Å²) in [7, 11) is 0. The van der Waals surface area contributed by atoms with Gasteiger partial charge in [0.05, 0.1) is 0 Å². The number of likely N-dealkylation sites (N-methyl/N-ethyl adjacent to an activating group) is 1. The number of carbonyl (C=O) groups excluding carboxylic acids is 1. The minimum atomic E-state index is 0.294. The molecule has 20 heavy (non-hydrogen) atoms. The van der Waals surface area contributed by atoms with Crippen LogP contribution in [0, 0.1) is 0 Å². The van der Waals surface area contributed by atoms with Crippen LogP contribution in [0.3, 0.4) is 0 Å². The summed E-state index contributed by atoms with van der Waals surface area (Å²) >= 11 is 3.25. The van der Waals surface area contributed by atoms with Gasteiger partial charge in [0, 0.05) is 0 Å². The third kappa shape index (κ3) is 6.15. The van der Waals surface area contributed by atoms with E-state index in [0.717, 1.165) is 31.5 Å². The van der Waals surface area contributed by atoms with Crippen molar-refractivity contribution in [1.29, 1.82) is 0 Å². The first-order valence-electron chi connectivity index (χ1n) is 6.56. The van der Waals surface area contributed by atoms with E-state index in [1.807, 2.05) is 37.3 Å². The molecule has 0 aliphatic carbocycles. The molecule has 0 saturated carbocycles. The van der Waals surface area contributed by atoms with Crippen LogP contribution in [0.1, 0.15) is 12.5 Å². The molecule has 0 aliphatic heterocycles. The van der Waals surface area contributed by atoms with Gasteiger partial charge in [0.1, 0.15) is 0 Å². The number of allylic oxidation sites excluding steroid dienone is 2. The Morgan fingerprint density at radius 3 is 2.65 bits per heavy atom. The van der Waals surface area contributed by atoms with Gasteiger partial charge in [-0.3, -0.25) is 0 Å². The zero-order chi connectivity index (χ0) is 14.6.